The highest BCUT2D eigenvalue weighted by atomic mass is 16.5. The number of hydrogen-bond donors (Lipinski definition) is 1. The van der Waals surface area contributed by atoms with Gasteiger partial charge in [0.15, 0.2) is 6.61 Å². The highest BCUT2D eigenvalue weighted by molar-refractivity contribution is 5.93. The third-order valence-corrected chi connectivity index (χ3v) is 3.75. The van der Waals surface area contributed by atoms with E-state index in [9.17, 15) is 4.79 Å². The molecule has 0 unspecified atom stereocenters. The molecule has 0 saturated carbocycles. The fraction of sp³-hybridized carbons (Fsp3) is 0.381. The van der Waals surface area contributed by atoms with E-state index in [4.69, 9.17) is 14.2 Å². The smallest absolute Gasteiger partial charge is 0.262 e. The van der Waals surface area contributed by atoms with Gasteiger partial charge in [-0.1, -0.05) is 26.0 Å². The number of nitrogens with one attached hydrogen (secondary N) is 1. The number of benzene rings is 2. The van der Waals surface area contributed by atoms with Crippen LogP contribution in [0.1, 0.15) is 39.2 Å². The van der Waals surface area contributed by atoms with Gasteiger partial charge in [-0.05, 0) is 49.6 Å². The Morgan fingerprint density at radius 3 is 2.19 bits per heavy atom. The van der Waals surface area contributed by atoms with Gasteiger partial charge in [-0.25, -0.2) is 0 Å². The lowest BCUT2D eigenvalue weighted by molar-refractivity contribution is -0.118. The lowest BCUT2D eigenvalue weighted by atomic mass is 10.0. The van der Waals surface area contributed by atoms with Crippen LogP contribution in [0.5, 0.6) is 17.2 Å². The Morgan fingerprint density at radius 1 is 0.923 bits per heavy atom. The molecule has 0 fully saturated rings. The van der Waals surface area contributed by atoms with Gasteiger partial charge in [0.05, 0.1) is 18.9 Å². The van der Waals surface area contributed by atoms with Crippen molar-refractivity contribution < 1.29 is 19.0 Å². The molecule has 2 rings (SSSR count). The van der Waals surface area contributed by atoms with Crippen LogP contribution in [0.15, 0.2) is 42.5 Å². The molecule has 0 radical (unpaired) electrons. The minimum Gasteiger partial charge on any atom is -0.494 e. The number of amides is 1. The van der Waals surface area contributed by atoms with E-state index in [2.05, 4.69) is 19.2 Å². The molecule has 0 aliphatic heterocycles. The summed E-state index contributed by atoms with van der Waals surface area (Å²) in [7, 11) is 0. The molecule has 0 aliphatic carbocycles. The average Bonchev–Trinajstić information content (AvgIpc) is 2.63. The van der Waals surface area contributed by atoms with Gasteiger partial charge in [0.25, 0.3) is 5.91 Å². The van der Waals surface area contributed by atoms with Crippen LogP contribution >= 0.6 is 0 Å². The van der Waals surface area contributed by atoms with Gasteiger partial charge in [0.1, 0.15) is 17.2 Å². The first kappa shape index (κ1) is 19.6. The quantitative estimate of drug-likeness (QED) is 0.711. The predicted octanol–water partition coefficient (Wildman–Crippen LogP) is 4.62. The Kier molecular flexibility index (Phi) is 7.33. The van der Waals surface area contributed by atoms with Crippen LogP contribution in [-0.4, -0.2) is 25.7 Å². The Morgan fingerprint density at radius 2 is 1.58 bits per heavy atom. The third-order valence-electron chi connectivity index (χ3n) is 3.75. The minimum atomic E-state index is -0.257. The van der Waals surface area contributed by atoms with Gasteiger partial charge in [-0.3, -0.25) is 4.79 Å². The summed E-state index contributed by atoms with van der Waals surface area (Å²) in [4.78, 5) is 12.3. The number of hydrogen-bond acceptors (Lipinski definition) is 4. The van der Waals surface area contributed by atoms with Crippen molar-refractivity contribution in [2.75, 3.05) is 25.1 Å². The molecular formula is C21H27NO4. The topological polar surface area (TPSA) is 56.8 Å². The molecule has 26 heavy (non-hydrogen) atoms. The second-order valence-corrected chi connectivity index (χ2v) is 6.08. The van der Waals surface area contributed by atoms with Crippen LogP contribution in [0.4, 0.5) is 5.69 Å². The van der Waals surface area contributed by atoms with E-state index in [0.29, 0.717) is 42.1 Å². The molecule has 0 aromatic heterocycles. The summed E-state index contributed by atoms with van der Waals surface area (Å²) in [6, 6.07) is 13.1. The Bertz CT molecular complexity index is 710. The summed E-state index contributed by atoms with van der Waals surface area (Å²) >= 11 is 0. The van der Waals surface area contributed by atoms with Crippen LogP contribution in [0.3, 0.4) is 0 Å². The fourth-order valence-electron chi connectivity index (χ4n) is 2.43. The van der Waals surface area contributed by atoms with E-state index in [-0.39, 0.29) is 12.5 Å². The van der Waals surface area contributed by atoms with Crippen LogP contribution in [0.25, 0.3) is 0 Å². The first-order chi connectivity index (χ1) is 12.5. The molecule has 140 valence electrons. The number of rotatable bonds is 9. The first-order valence-corrected chi connectivity index (χ1v) is 8.95. The van der Waals surface area contributed by atoms with E-state index in [0.717, 1.165) is 0 Å². The van der Waals surface area contributed by atoms with Crippen molar-refractivity contribution in [2.45, 2.75) is 33.6 Å². The van der Waals surface area contributed by atoms with E-state index in [1.807, 2.05) is 44.2 Å². The zero-order valence-corrected chi connectivity index (χ0v) is 15.9. The maximum atomic E-state index is 12.3. The molecular weight excluding hydrogens is 330 g/mol. The Balaban J connectivity index is 1.98. The van der Waals surface area contributed by atoms with Crippen molar-refractivity contribution in [1.82, 2.24) is 0 Å². The second kappa shape index (κ2) is 9.70. The lowest BCUT2D eigenvalue weighted by Crippen LogP contribution is -2.20. The minimum absolute atomic E-state index is 0.0779. The average molecular weight is 357 g/mol. The summed E-state index contributed by atoms with van der Waals surface area (Å²) in [5.41, 5.74) is 1.80. The lowest BCUT2D eigenvalue weighted by Gasteiger charge is -2.14. The van der Waals surface area contributed by atoms with Crippen LogP contribution in [0, 0.1) is 0 Å². The summed E-state index contributed by atoms with van der Waals surface area (Å²) in [6.45, 7) is 9.06. The van der Waals surface area contributed by atoms with Gasteiger partial charge in [-0.2, -0.15) is 0 Å². The summed E-state index contributed by atoms with van der Waals surface area (Å²) in [6.07, 6.45) is 0. The van der Waals surface area contributed by atoms with Gasteiger partial charge >= 0.3 is 0 Å². The highest BCUT2D eigenvalue weighted by Gasteiger charge is 2.11. The van der Waals surface area contributed by atoms with Crippen molar-refractivity contribution in [2.24, 2.45) is 0 Å². The maximum absolute atomic E-state index is 12.3. The largest absolute Gasteiger partial charge is 0.494 e. The molecule has 0 atom stereocenters. The molecule has 1 amide bonds. The van der Waals surface area contributed by atoms with Crippen LogP contribution in [-0.2, 0) is 4.79 Å². The summed E-state index contributed by atoms with van der Waals surface area (Å²) < 4.78 is 16.6. The molecule has 1 N–H and O–H groups in total. The van der Waals surface area contributed by atoms with Gasteiger partial charge in [-0.15, -0.1) is 0 Å². The van der Waals surface area contributed by atoms with Crippen molar-refractivity contribution in [1.29, 1.82) is 0 Å². The maximum Gasteiger partial charge on any atom is 0.262 e. The second-order valence-electron chi connectivity index (χ2n) is 6.08. The fourth-order valence-corrected chi connectivity index (χ4v) is 2.43. The summed E-state index contributed by atoms with van der Waals surface area (Å²) in [5.74, 6) is 2.15. The van der Waals surface area contributed by atoms with Crippen molar-refractivity contribution in [3.63, 3.8) is 0 Å². The monoisotopic (exact) mass is 357 g/mol. The normalized spacial score (nSPS) is 10.5. The summed E-state index contributed by atoms with van der Waals surface area (Å²) in [5, 5.41) is 2.83. The molecule has 2 aromatic carbocycles. The number of ether oxygens (including phenoxy) is 3. The molecule has 0 aliphatic rings. The standard InChI is InChI=1S/C21H27NO4/c1-5-24-18-11-12-20(25-6-2)19(13-18)22-21(23)14-26-17-9-7-16(8-10-17)15(3)4/h7-13,15H,5-6,14H2,1-4H3,(H,22,23). The molecule has 5 nitrogen and oxygen atoms in total. The van der Waals surface area contributed by atoms with Gasteiger partial charge < -0.3 is 19.5 Å². The molecule has 0 spiro atoms. The zero-order valence-electron chi connectivity index (χ0n) is 15.9. The number of anilines is 1. The molecule has 2 aromatic rings. The van der Waals surface area contributed by atoms with E-state index < -0.39 is 0 Å². The predicted molar refractivity (Wildman–Crippen MR) is 103 cm³/mol. The van der Waals surface area contributed by atoms with Crippen molar-refractivity contribution in [3.8, 4) is 17.2 Å². The van der Waals surface area contributed by atoms with E-state index in [1.165, 1.54) is 5.56 Å². The SMILES string of the molecule is CCOc1ccc(OCC)c(NC(=O)COc2ccc(C(C)C)cc2)c1. The highest BCUT2D eigenvalue weighted by Crippen LogP contribution is 2.29. The Hall–Kier alpha value is -2.69. The van der Waals surface area contributed by atoms with E-state index >= 15 is 0 Å². The van der Waals surface area contributed by atoms with Gasteiger partial charge in [0, 0.05) is 6.07 Å². The van der Waals surface area contributed by atoms with Crippen LogP contribution in [0.2, 0.25) is 0 Å². The van der Waals surface area contributed by atoms with Crippen LogP contribution < -0.4 is 19.5 Å². The number of carbonyl (C=O) groups is 1. The zero-order chi connectivity index (χ0) is 18.9. The molecule has 0 heterocycles. The van der Waals surface area contributed by atoms with E-state index in [1.54, 1.807) is 12.1 Å². The van der Waals surface area contributed by atoms with Gasteiger partial charge in [0.2, 0.25) is 0 Å². The molecule has 0 bridgehead atoms. The molecule has 5 heteroatoms. The first-order valence-electron chi connectivity index (χ1n) is 8.95. The molecule has 0 saturated heterocycles. The van der Waals surface area contributed by atoms with Crippen molar-refractivity contribution in [3.05, 3.63) is 48.0 Å². The van der Waals surface area contributed by atoms with Crippen molar-refractivity contribution >= 4 is 11.6 Å². The third kappa shape index (κ3) is 5.69. The Labute approximate surface area is 155 Å². The number of carbonyl (C=O) groups excluding carboxylic acids is 1.